The highest BCUT2D eigenvalue weighted by molar-refractivity contribution is 6.31. The number of hydrogen-bond acceptors (Lipinski definition) is 5. The molecule has 0 saturated carbocycles. The van der Waals surface area contributed by atoms with E-state index in [1.54, 1.807) is 18.2 Å². The highest BCUT2D eigenvalue weighted by Crippen LogP contribution is 2.33. The van der Waals surface area contributed by atoms with E-state index in [0.717, 1.165) is 41.1 Å². The van der Waals surface area contributed by atoms with Gasteiger partial charge in [0.25, 0.3) is 5.91 Å². The number of rotatable bonds is 3. The number of fused-ring (bicyclic) bond motifs is 2. The van der Waals surface area contributed by atoms with E-state index in [0.29, 0.717) is 30.2 Å². The molecule has 3 heterocycles. The SMILES string of the molecule is O=C(c1ccc2c(c1)OCO2)N1CCN(Cc2cc(Cl)cc3cccnc23)CC1. The molecule has 7 heteroatoms. The average molecular weight is 410 g/mol. The molecule has 2 aliphatic rings. The van der Waals surface area contributed by atoms with E-state index in [2.05, 4.69) is 9.88 Å². The summed E-state index contributed by atoms with van der Waals surface area (Å²) >= 11 is 6.30. The summed E-state index contributed by atoms with van der Waals surface area (Å²) in [5.41, 5.74) is 2.73. The molecule has 0 atom stereocenters. The molecule has 1 aromatic heterocycles. The lowest BCUT2D eigenvalue weighted by Gasteiger charge is -2.35. The van der Waals surface area contributed by atoms with Gasteiger partial charge in [0.05, 0.1) is 5.52 Å². The van der Waals surface area contributed by atoms with Crippen LogP contribution < -0.4 is 9.47 Å². The van der Waals surface area contributed by atoms with Crippen LogP contribution >= 0.6 is 11.6 Å². The van der Waals surface area contributed by atoms with E-state index >= 15 is 0 Å². The first-order chi connectivity index (χ1) is 14.2. The lowest BCUT2D eigenvalue weighted by Crippen LogP contribution is -2.48. The molecule has 2 aliphatic heterocycles. The zero-order valence-electron chi connectivity index (χ0n) is 15.8. The predicted molar refractivity (Wildman–Crippen MR) is 110 cm³/mol. The Morgan fingerprint density at radius 3 is 2.72 bits per heavy atom. The normalized spacial score (nSPS) is 16.4. The maximum absolute atomic E-state index is 12.9. The number of aromatic nitrogens is 1. The van der Waals surface area contributed by atoms with Crippen LogP contribution in [0.4, 0.5) is 0 Å². The first-order valence-electron chi connectivity index (χ1n) is 9.62. The molecule has 0 bridgehead atoms. The van der Waals surface area contributed by atoms with Crippen LogP contribution in [0.5, 0.6) is 11.5 Å². The summed E-state index contributed by atoms with van der Waals surface area (Å²) in [7, 11) is 0. The third-order valence-corrected chi connectivity index (χ3v) is 5.64. The minimum absolute atomic E-state index is 0.0258. The minimum atomic E-state index is 0.0258. The van der Waals surface area contributed by atoms with Gasteiger partial charge in [-0.3, -0.25) is 14.7 Å². The number of benzene rings is 2. The third-order valence-electron chi connectivity index (χ3n) is 5.42. The lowest BCUT2D eigenvalue weighted by atomic mass is 10.1. The second-order valence-electron chi connectivity index (χ2n) is 7.28. The van der Waals surface area contributed by atoms with Crippen molar-refractivity contribution >= 4 is 28.4 Å². The summed E-state index contributed by atoms with van der Waals surface area (Å²) in [6.07, 6.45) is 1.81. The largest absolute Gasteiger partial charge is 0.454 e. The van der Waals surface area contributed by atoms with Gasteiger partial charge in [-0.15, -0.1) is 0 Å². The molecule has 1 amide bonds. The van der Waals surface area contributed by atoms with Crippen LogP contribution in [0, 0.1) is 0 Å². The number of carbonyl (C=O) groups is 1. The molecule has 1 fully saturated rings. The number of carbonyl (C=O) groups excluding carboxylic acids is 1. The Hall–Kier alpha value is -2.83. The van der Waals surface area contributed by atoms with Gasteiger partial charge in [-0.05, 0) is 42.0 Å². The second-order valence-corrected chi connectivity index (χ2v) is 7.71. The zero-order chi connectivity index (χ0) is 19.8. The van der Waals surface area contributed by atoms with Crippen LogP contribution in [0.25, 0.3) is 10.9 Å². The molecule has 3 aromatic rings. The van der Waals surface area contributed by atoms with Crippen LogP contribution in [0.3, 0.4) is 0 Å². The fourth-order valence-corrected chi connectivity index (χ4v) is 4.16. The fourth-order valence-electron chi connectivity index (χ4n) is 3.91. The smallest absolute Gasteiger partial charge is 0.254 e. The Labute approximate surface area is 173 Å². The number of halogens is 1. The van der Waals surface area contributed by atoms with E-state index < -0.39 is 0 Å². The van der Waals surface area contributed by atoms with Crippen LogP contribution in [0.15, 0.2) is 48.7 Å². The number of hydrogen-bond donors (Lipinski definition) is 0. The molecule has 29 heavy (non-hydrogen) atoms. The Bertz CT molecular complexity index is 1080. The van der Waals surface area contributed by atoms with Crippen molar-refractivity contribution in [2.45, 2.75) is 6.54 Å². The van der Waals surface area contributed by atoms with Gasteiger partial charge in [0, 0.05) is 54.9 Å². The van der Waals surface area contributed by atoms with Crippen LogP contribution in [-0.4, -0.2) is 53.7 Å². The monoisotopic (exact) mass is 409 g/mol. The highest BCUT2D eigenvalue weighted by atomic mass is 35.5. The summed E-state index contributed by atoms with van der Waals surface area (Å²) in [4.78, 5) is 21.6. The number of pyridine rings is 1. The standard InChI is InChI=1S/C22H20ClN3O3/c23-18-10-15-2-1-5-24-21(15)17(11-18)13-25-6-8-26(9-7-25)22(27)16-3-4-19-20(12-16)29-14-28-19/h1-5,10-12H,6-9,13-14H2. The van der Waals surface area contributed by atoms with Gasteiger partial charge >= 0.3 is 0 Å². The van der Waals surface area contributed by atoms with E-state index in [4.69, 9.17) is 21.1 Å². The van der Waals surface area contributed by atoms with E-state index in [-0.39, 0.29) is 12.7 Å². The lowest BCUT2D eigenvalue weighted by molar-refractivity contribution is 0.0628. The van der Waals surface area contributed by atoms with Crippen LogP contribution in [-0.2, 0) is 6.54 Å². The summed E-state index contributed by atoms with van der Waals surface area (Å²) in [5, 5.41) is 1.77. The first kappa shape index (κ1) is 18.2. The minimum Gasteiger partial charge on any atom is -0.454 e. The Morgan fingerprint density at radius 1 is 1.03 bits per heavy atom. The Kier molecular flexibility index (Phi) is 4.73. The molecule has 1 saturated heterocycles. The van der Waals surface area contributed by atoms with Gasteiger partial charge < -0.3 is 14.4 Å². The fraction of sp³-hybridized carbons (Fsp3) is 0.273. The van der Waals surface area contributed by atoms with Crippen molar-refractivity contribution in [2.75, 3.05) is 33.0 Å². The topological polar surface area (TPSA) is 54.9 Å². The van der Waals surface area contributed by atoms with Gasteiger partial charge in [-0.2, -0.15) is 0 Å². The molecule has 0 spiro atoms. The molecular formula is C22H20ClN3O3. The molecule has 148 valence electrons. The van der Waals surface area contributed by atoms with Gasteiger partial charge in [0.1, 0.15) is 0 Å². The number of piperazine rings is 1. The summed E-state index contributed by atoms with van der Waals surface area (Å²) in [5.74, 6) is 1.35. The van der Waals surface area contributed by atoms with Crippen molar-refractivity contribution < 1.29 is 14.3 Å². The maximum Gasteiger partial charge on any atom is 0.254 e. The first-order valence-corrected chi connectivity index (χ1v) is 9.99. The highest BCUT2D eigenvalue weighted by Gasteiger charge is 2.24. The predicted octanol–water partition coefficient (Wildman–Crippen LogP) is 3.57. The van der Waals surface area contributed by atoms with Crippen LogP contribution in [0.1, 0.15) is 15.9 Å². The van der Waals surface area contributed by atoms with Crippen LogP contribution in [0.2, 0.25) is 5.02 Å². The van der Waals surface area contributed by atoms with Crippen molar-refractivity contribution in [1.29, 1.82) is 0 Å². The Balaban J connectivity index is 1.26. The number of amides is 1. The van der Waals surface area contributed by atoms with Gasteiger partial charge in [0.15, 0.2) is 11.5 Å². The van der Waals surface area contributed by atoms with Gasteiger partial charge in [-0.1, -0.05) is 17.7 Å². The molecule has 0 aliphatic carbocycles. The van der Waals surface area contributed by atoms with Crippen molar-refractivity contribution in [2.24, 2.45) is 0 Å². The summed E-state index contributed by atoms with van der Waals surface area (Å²) in [6.45, 7) is 3.94. The number of ether oxygens (including phenoxy) is 2. The van der Waals surface area contributed by atoms with Gasteiger partial charge in [-0.25, -0.2) is 0 Å². The van der Waals surface area contributed by atoms with Crippen molar-refractivity contribution in [3.05, 3.63) is 64.8 Å². The van der Waals surface area contributed by atoms with Crippen molar-refractivity contribution in [1.82, 2.24) is 14.8 Å². The molecule has 2 aromatic carbocycles. The summed E-state index contributed by atoms with van der Waals surface area (Å²) in [6, 6.07) is 13.2. The van der Waals surface area contributed by atoms with Crippen molar-refractivity contribution in [3.8, 4) is 11.5 Å². The average Bonchev–Trinajstić information content (AvgIpc) is 3.21. The van der Waals surface area contributed by atoms with Crippen molar-refractivity contribution in [3.63, 3.8) is 0 Å². The molecule has 0 N–H and O–H groups in total. The zero-order valence-corrected chi connectivity index (χ0v) is 16.6. The van der Waals surface area contributed by atoms with E-state index in [9.17, 15) is 4.79 Å². The molecule has 6 nitrogen and oxygen atoms in total. The second kappa shape index (κ2) is 7.54. The summed E-state index contributed by atoms with van der Waals surface area (Å²) < 4.78 is 10.7. The molecular weight excluding hydrogens is 390 g/mol. The quantitative estimate of drug-likeness (QED) is 0.662. The maximum atomic E-state index is 12.9. The number of nitrogens with zero attached hydrogens (tertiary/aromatic N) is 3. The van der Waals surface area contributed by atoms with E-state index in [1.165, 1.54) is 0 Å². The molecule has 0 unspecified atom stereocenters. The molecule has 0 radical (unpaired) electrons. The third kappa shape index (κ3) is 3.61. The Morgan fingerprint density at radius 2 is 1.86 bits per heavy atom. The molecule has 5 rings (SSSR count). The van der Waals surface area contributed by atoms with E-state index in [1.807, 2.05) is 35.4 Å². The van der Waals surface area contributed by atoms with Gasteiger partial charge in [0.2, 0.25) is 6.79 Å².